The molecule has 0 aromatic heterocycles. The Bertz CT molecular complexity index is 816. The number of rotatable bonds is 4. The van der Waals surface area contributed by atoms with Crippen LogP contribution >= 0.6 is 0 Å². The second-order valence-corrected chi connectivity index (χ2v) is 6.95. The Labute approximate surface area is 147 Å². The summed E-state index contributed by atoms with van der Waals surface area (Å²) in [6, 6.07) is 12.4. The summed E-state index contributed by atoms with van der Waals surface area (Å²) in [6.45, 7) is 8.17. The van der Waals surface area contributed by atoms with Gasteiger partial charge in [0, 0.05) is 23.9 Å². The number of non-ortho nitro benzene ring substituents is 1. The number of benzene rings is 2. The van der Waals surface area contributed by atoms with E-state index in [1.165, 1.54) is 29.8 Å². The molecule has 2 aromatic carbocycles. The van der Waals surface area contributed by atoms with Crippen molar-refractivity contribution in [3.05, 3.63) is 75.3 Å². The van der Waals surface area contributed by atoms with Gasteiger partial charge in [0.15, 0.2) is 0 Å². The third-order valence-electron chi connectivity index (χ3n) is 3.88. The van der Waals surface area contributed by atoms with Gasteiger partial charge in [0.05, 0.1) is 4.92 Å². The van der Waals surface area contributed by atoms with Crippen LogP contribution in [0.2, 0.25) is 0 Å². The maximum atomic E-state index is 12.1. The quantitative estimate of drug-likeness (QED) is 0.492. The van der Waals surface area contributed by atoms with E-state index in [9.17, 15) is 14.9 Å². The van der Waals surface area contributed by atoms with Crippen molar-refractivity contribution < 1.29 is 9.72 Å². The number of carbonyl (C=O) groups excluding carboxylic acids is 1. The Morgan fingerprint density at radius 2 is 1.76 bits per heavy atom. The molecule has 0 bridgehead atoms. The molecule has 0 aliphatic carbocycles. The lowest BCUT2D eigenvalue weighted by Crippen LogP contribution is -2.10. The molecule has 0 saturated carbocycles. The molecule has 0 aliphatic rings. The zero-order valence-electron chi connectivity index (χ0n) is 14.9. The van der Waals surface area contributed by atoms with Gasteiger partial charge in [-0.15, -0.1) is 0 Å². The zero-order chi connectivity index (χ0) is 18.6. The Morgan fingerprint density at radius 3 is 2.28 bits per heavy atom. The van der Waals surface area contributed by atoms with Crippen LogP contribution in [0.4, 0.5) is 11.4 Å². The summed E-state index contributed by atoms with van der Waals surface area (Å²) < 4.78 is 0. The number of nitrogens with one attached hydrogen (secondary N) is 1. The number of anilines is 1. The van der Waals surface area contributed by atoms with Crippen molar-refractivity contribution in [3.63, 3.8) is 0 Å². The largest absolute Gasteiger partial charge is 0.322 e. The molecular weight excluding hydrogens is 316 g/mol. The lowest BCUT2D eigenvalue weighted by molar-refractivity contribution is -0.384. The average Bonchev–Trinajstić information content (AvgIpc) is 2.54. The van der Waals surface area contributed by atoms with Crippen molar-refractivity contribution in [2.24, 2.45) is 0 Å². The van der Waals surface area contributed by atoms with Crippen molar-refractivity contribution >= 4 is 23.4 Å². The summed E-state index contributed by atoms with van der Waals surface area (Å²) >= 11 is 0. The minimum Gasteiger partial charge on any atom is -0.322 e. The number of hydrogen-bond acceptors (Lipinski definition) is 3. The lowest BCUT2D eigenvalue weighted by Gasteiger charge is -2.18. The van der Waals surface area contributed by atoms with Crippen LogP contribution in [0.3, 0.4) is 0 Å². The van der Waals surface area contributed by atoms with Gasteiger partial charge < -0.3 is 5.32 Å². The fourth-order valence-electron chi connectivity index (χ4n) is 2.34. The number of nitrogens with zero attached hydrogens (tertiary/aromatic N) is 1. The van der Waals surface area contributed by atoms with Crippen molar-refractivity contribution in [1.29, 1.82) is 0 Å². The van der Waals surface area contributed by atoms with Crippen LogP contribution in [0.25, 0.3) is 6.08 Å². The smallest absolute Gasteiger partial charge is 0.269 e. The molecule has 2 aromatic rings. The maximum Gasteiger partial charge on any atom is 0.269 e. The van der Waals surface area contributed by atoms with Crippen LogP contribution in [0, 0.1) is 17.0 Å². The third-order valence-corrected chi connectivity index (χ3v) is 3.88. The fraction of sp³-hybridized carbons (Fsp3) is 0.250. The Morgan fingerprint density at radius 1 is 1.12 bits per heavy atom. The first-order valence-electron chi connectivity index (χ1n) is 8.01. The molecule has 1 N–H and O–H groups in total. The summed E-state index contributed by atoms with van der Waals surface area (Å²) in [5.74, 6) is -0.281. The van der Waals surface area contributed by atoms with Crippen molar-refractivity contribution in [2.75, 3.05) is 5.32 Å². The maximum absolute atomic E-state index is 12.1. The number of hydrogen-bond donors (Lipinski definition) is 1. The highest BCUT2D eigenvalue weighted by Crippen LogP contribution is 2.23. The average molecular weight is 338 g/mol. The van der Waals surface area contributed by atoms with Gasteiger partial charge in [-0.1, -0.05) is 45.0 Å². The first-order valence-corrected chi connectivity index (χ1v) is 8.01. The van der Waals surface area contributed by atoms with Crippen molar-refractivity contribution in [1.82, 2.24) is 0 Å². The van der Waals surface area contributed by atoms with Crippen LogP contribution in [0.1, 0.15) is 37.5 Å². The lowest BCUT2D eigenvalue weighted by atomic mass is 9.87. The minimum atomic E-state index is -0.459. The van der Waals surface area contributed by atoms with E-state index in [0.29, 0.717) is 11.3 Å². The summed E-state index contributed by atoms with van der Waals surface area (Å²) in [5, 5.41) is 13.5. The molecule has 130 valence electrons. The fourth-order valence-corrected chi connectivity index (χ4v) is 2.34. The molecule has 0 radical (unpaired) electrons. The monoisotopic (exact) mass is 338 g/mol. The number of carbonyl (C=O) groups is 1. The summed E-state index contributed by atoms with van der Waals surface area (Å²) in [6.07, 6.45) is 3.19. The molecule has 0 fully saturated rings. The highest BCUT2D eigenvalue weighted by molar-refractivity contribution is 6.02. The Kier molecular flexibility index (Phi) is 5.37. The van der Waals surface area contributed by atoms with Crippen LogP contribution in [0.5, 0.6) is 0 Å². The summed E-state index contributed by atoms with van der Waals surface area (Å²) in [4.78, 5) is 22.3. The summed E-state index contributed by atoms with van der Waals surface area (Å²) in [5.41, 5.74) is 3.46. The van der Waals surface area contributed by atoms with E-state index in [0.717, 1.165) is 5.56 Å². The Balaban J connectivity index is 2.05. The predicted molar refractivity (Wildman–Crippen MR) is 101 cm³/mol. The van der Waals surface area contributed by atoms with Crippen molar-refractivity contribution in [3.8, 4) is 0 Å². The van der Waals surface area contributed by atoms with Gasteiger partial charge in [-0.05, 0) is 41.2 Å². The van der Waals surface area contributed by atoms with E-state index < -0.39 is 4.92 Å². The number of aryl methyl sites for hydroxylation is 1. The van der Waals surface area contributed by atoms with Crippen LogP contribution in [0.15, 0.2) is 48.5 Å². The summed E-state index contributed by atoms with van der Waals surface area (Å²) in [7, 11) is 0. The first-order chi connectivity index (χ1) is 11.7. The molecule has 0 unspecified atom stereocenters. The van der Waals surface area contributed by atoms with Crippen LogP contribution in [-0.4, -0.2) is 10.8 Å². The molecular formula is C20H22N2O3. The number of nitro benzene ring substituents is 1. The molecule has 0 saturated heterocycles. The van der Waals surface area contributed by atoms with Gasteiger partial charge in [0.25, 0.3) is 5.69 Å². The standard InChI is InChI=1S/C20H22N2O3/c1-14-13-17(22(24)25)10-11-18(14)21-19(23)12-7-15-5-8-16(9-6-15)20(2,3)4/h5-13H,1-4H3,(H,21,23). The normalized spacial score (nSPS) is 11.5. The van der Waals surface area contributed by atoms with Crippen LogP contribution < -0.4 is 5.32 Å². The molecule has 5 nitrogen and oxygen atoms in total. The molecule has 25 heavy (non-hydrogen) atoms. The first kappa shape index (κ1) is 18.4. The Hall–Kier alpha value is -2.95. The van der Waals surface area contributed by atoms with Gasteiger partial charge >= 0.3 is 0 Å². The zero-order valence-corrected chi connectivity index (χ0v) is 14.9. The van der Waals surface area contributed by atoms with Gasteiger partial charge in [0.1, 0.15) is 0 Å². The molecule has 1 amide bonds. The SMILES string of the molecule is Cc1cc([N+](=O)[O-])ccc1NC(=O)C=Cc1ccc(C(C)(C)C)cc1. The van der Waals surface area contributed by atoms with Gasteiger partial charge in [-0.2, -0.15) is 0 Å². The predicted octanol–water partition coefficient (Wildman–Crippen LogP) is 4.85. The molecule has 0 atom stereocenters. The van der Waals surface area contributed by atoms with E-state index in [1.807, 2.05) is 12.1 Å². The number of amides is 1. The van der Waals surface area contributed by atoms with Gasteiger partial charge in [0.2, 0.25) is 5.91 Å². The number of nitro groups is 1. The highest BCUT2D eigenvalue weighted by Gasteiger charge is 2.12. The topological polar surface area (TPSA) is 72.2 Å². The highest BCUT2D eigenvalue weighted by atomic mass is 16.6. The molecule has 0 aliphatic heterocycles. The van der Waals surface area contributed by atoms with E-state index >= 15 is 0 Å². The molecule has 5 heteroatoms. The van der Waals surface area contributed by atoms with E-state index in [4.69, 9.17) is 0 Å². The second-order valence-electron chi connectivity index (χ2n) is 6.95. The van der Waals surface area contributed by atoms with E-state index in [1.54, 1.807) is 13.0 Å². The van der Waals surface area contributed by atoms with Crippen LogP contribution in [-0.2, 0) is 10.2 Å². The van der Waals surface area contributed by atoms with Gasteiger partial charge in [-0.25, -0.2) is 0 Å². The third kappa shape index (κ3) is 5.01. The molecule has 0 heterocycles. The van der Waals surface area contributed by atoms with Gasteiger partial charge in [-0.3, -0.25) is 14.9 Å². The van der Waals surface area contributed by atoms with Crippen molar-refractivity contribution in [2.45, 2.75) is 33.1 Å². The van der Waals surface area contributed by atoms with E-state index in [-0.39, 0.29) is 17.0 Å². The molecule has 2 rings (SSSR count). The second kappa shape index (κ2) is 7.30. The van der Waals surface area contributed by atoms with E-state index in [2.05, 4.69) is 38.2 Å². The minimum absolute atomic E-state index is 0.00461. The molecule has 0 spiro atoms.